The van der Waals surface area contributed by atoms with Crippen LogP contribution in [0.2, 0.25) is 0 Å². The van der Waals surface area contributed by atoms with E-state index in [-0.39, 0.29) is 5.75 Å². The Bertz CT molecular complexity index is 576. The molecule has 1 fully saturated rings. The van der Waals surface area contributed by atoms with Crippen LogP contribution in [0, 0.1) is 12.8 Å². The van der Waals surface area contributed by atoms with Gasteiger partial charge in [-0.05, 0) is 30.4 Å². The molecule has 1 aliphatic heterocycles. The van der Waals surface area contributed by atoms with Crippen molar-refractivity contribution < 1.29 is 8.42 Å². The zero-order chi connectivity index (χ0) is 16.2. The van der Waals surface area contributed by atoms with Crippen molar-refractivity contribution in [3.05, 3.63) is 35.4 Å². The lowest BCUT2D eigenvalue weighted by Crippen LogP contribution is -2.48. The van der Waals surface area contributed by atoms with E-state index in [2.05, 4.69) is 49.9 Å². The van der Waals surface area contributed by atoms with Gasteiger partial charge in [0.2, 0.25) is 10.0 Å². The molecule has 1 heterocycles. The minimum atomic E-state index is -3.08. The van der Waals surface area contributed by atoms with E-state index in [9.17, 15) is 8.42 Å². The fraction of sp³-hybridized carbons (Fsp3) is 0.647. The standard InChI is InChI=1S/C17H28N2O2S/c1-15(2)8-13-22(20,21)19-11-9-18(10-12-19)14-17-7-5-4-6-16(17)3/h4-7,15H,8-14H2,1-3H3. The van der Waals surface area contributed by atoms with Gasteiger partial charge < -0.3 is 0 Å². The highest BCUT2D eigenvalue weighted by Gasteiger charge is 2.26. The maximum absolute atomic E-state index is 12.3. The number of nitrogens with zero attached hydrogens (tertiary/aromatic N) is 2. The Balaban J connectivity index is 1.86. The van der Waals surface area contributed by atoms with Crippen molar-refractivity contribution >= 4 is 10.0 Å². The lowest BCUT2D eigenvalue weighted by molar-refractivity contribution is 0.181. The summed E-state index contributed by atoms with van der Waals surface area (Å²) >= 11 is 0. The fourth-order valence-corrected chi connectivity index (χ4v) is 4.46. The summed E-state index contributed by atoms with van der Waals surface area (Å²) in [7, 11) is -3.08. The Morgan fingerprint density at radius 1 is 1.09 bits per heavy atom. The second-order valence-electron chi connectivity index (χ2n) is 6.60. The highest BCUT2D eigenvalue weighted by molar-refractivity contribution is 7.89. The Kier molecular flexibility index (Phi) is 6.01. The van der Waals surface area contributed by atoms with Crippen LogP contribution in [0.15, 0.2) is 24.3 Å². The number of benzene rings is 1. The number of hydrogen-bond acceptors (Lipinski definition) is 3. The first-order valence-electron chi connectivity index (χ1n) is 8.13. The quantitative estimate of drug-likeness (QED) is 0.807. The average molecular weight is 324 g/mol. The van der Waals surface area contributed by atoms with Crippen LogP contribution in [0.1, 0.15) is 31.4 Å². The van der Waals surface area contributed by atoms with Crippen molar-refractivity contribution in [1.29, 1.82) is 0 Å². The Labute approximate surface area is 135 Å². The molecule has 1 aromatic rings. The third kappa shape index (κ3) is 4.80. The molecule has 0 N–H and O–H groups in total. The first-order chi connectivity index (χ1) is 10.4. The van der Waals surface area contributed by atoms with Crippen LogP contribution in [-0.2, 0) is 16.6 Å². The van der Waals surface area contributed by atoms with Gasteiger partial charge in [-0.25, -0.2) is 8.42 Å². The monoisotopic (exact) mass is 324 g/mol. The van der Waals surface area contributed by atoms with E-state index < -0.39 is 10.0 Å². The van der Waals surface area contributed by atoms with Gasteiger partial charge in [0.05, 0.1) is 5.75 Å². The molecule has 0 aliphatic carbocycles. The van der Waals surface area contributed by atoms with Crippen molar-refractivity contribution in [3.63, 3.8) is 0 Å². The van der Waals surface area contributed by atoms with Crippen LogP contribution in [0.3, 0.4) is 0 Å². The van der Waals surface area contributed by atoms with Gasteiger partial charge in [-0.3, -0.25) is 4.90 Å². The molecule has 1 aliphatic rings. The van der Waals surface area contributed by atoms with Crippen molar-refractivity contribution in [2.75, 3.05) is 31.9 Å². The van der Waals surface area contributed by atoms with Crippen molar-refractivity contribution in [1.82, 2.24) is 9.21 Å². The maximum Gasteiger partial charge on any atom is 0.214 e. The third-order valence-electron chi connectivity index (χ3n) is 4.33. The Hall–Kier alpha value is -0.910. The summed E-state index contributed by atoms with van der Waals surface area (Å²) < 4.78 is 26.3. The molecular weight excluding hydrogens is 296 g/mol. The molecule has 0 radical (unpaired) electrons. The molecular formula is C17H28N2O2S. The topological polar surface area (TPSA) is 40.6 Å². The summed E-state index contributed by atoms with van der Waals surface area (Å²) in [4.78, 5) is 2.34. The normalized spacial score (nSPS) is 18.0. The predicted molar refractivity (Wildman–Crippen MR) is 91.3 cm³/mol. The van der Waals surface area contributed by atoms with Crippen molar-refractivity contribution in [2.24, 2.45) is 5.92 Å². The molecule has 4 nitrogen and oxygen atoms in total. The molecule has 22 heavy (non-hydrogen) atoms. The number of rotatable bonds is 6. The van der Waals surface area contributed by atoms with Crippen LogP contribution in [-0.4, -0.2) is 49.6 Å². The molecule has 1 saturated heterocycles. The average Bonchev–Trinajstić information content (AvgIpc) is 2.48. The van der Waals surface area contributed by atoms with E-state index in [1.165, 1.54) is 11.1 Å². The van der Waals surface area contributed by atoms with E-state index in [1.807, 2.05) is 0 Å². The molecule has 5 heteroatoms. The molecule has 0 spiro atoms. The summed E-state index contributed by atoms with van der Waals surface area (Å²) in [5, 5.41) is 0. The van der Waals surface area contributed by atoms with Crippen molar-refractivity contribution in [2.45, 2.75) is 33.7 Å². The summed E-state index contributed by atoms with van der Waals surface area (Å²) in [5.74, 6) is 0.708. The molecule has 0 saturated carbocycles. The lowest BCUT2D eigenvalue weighted by atomic mass is 10.1. The molecule has 0 amide bonds. The van der Waals surface area contributed by atoms with Gasteiger partial charge in [0.15, 0.2) is 0 Å². The molecule has 2 rings (SSSR count). The number of sulfonamides is 1. The van der Waals surface area contributed by atoms with Crippen LogP contribution < -0.4 is 0 Å². The molecule has 0 unspecified atom stereocenters. The Morgan fingerprint density at radius 3 is 2.32 bits per heavy atom. The summed E-state index contributed by atoms with van der Waals surface area (Å²) in [6, 6.07) is 8.40. The SMILES string of the molecule is Cc1ccccc1CN1CCN(S(=O)(=O)CCC(C)C)CC1. The smallest absolute Gasteiger partial charge is 0.214 e. The van der Waals surface area contributed by atoms with Gasteiger partial charge >= 0.3 is 0 Å². The minimum absolute atomic E-state index is 0.280. The van der Waals surface area contributed by atoms with Crippen LogP contribution >= 0.6 is 0 Å². The van der Waals surface area contributed by atoms with Crippen LogP contribution in [0.25, 0.3) is 0 Å². The molecule has 0 atom stereocenters. The van der Waals surface area contributed by atoms with E-state index in [4.69, 9.17) is 0 Å². The highest BCUT2D eigenvalue weighted by atomic mass is 32.2. The largest absolute Gasteiger partial charge is 0.296 e. The van der Waals surface area contributed by atoms with Gasteiger partial charge in [-0.2, -0.15) is 4.31 Å². The minimum Gasteiger partial charge on any atom is -0.296 e. The van der Waals surface area contributed by atoms with E-state index in [1.54, 1.807) is 4.31 Å². The zero-order valence-corrected chi connectivity index (χ0v) is 14.8. The summed E-state index contributed by atoms with van der Waals surface area (Å²) in [5.41, 5.74) is 2.63. The second-order valence-corrected chi connectivity index (χ2v) is 8.69. The van der Waals surface area contributed by atoms with Crippen LogP contribution in [0.5, 0.6) is 0 Å². The molecule has 1 aromatic carbocycles. The van der Waals surface area contributed by atoms with Gasteiger partial charge in [-0.1, -0.05) is 38.1 Å². The van der Waals surface area contributed by atoms with Gasteiger partial charge in [-0.15, -0.1) is 0 Å². The molecule has 0 bridgehead atoms. The number of piperazine rings is 1. The highest BCUT2D eigenvalue weighted by Crippen LogP contribution is 2.15. The molecule has 124 valence electrons. The predicted octanol–water partition coefficient (Wildman–Crippen LogP) is 2.49. The van der Waals surface area contributed by atoms with Crippen molar-refractivity contribution in [3.8, 4) is 0 Å². The van der Waals surface area contributed by atoms with E-state index in [0.717, 1.165) is 26.1 Å². The summed E-state index contributed by atoms with van der Waals surface area (Å²) in [6.07, 6.45) is 0.742. The van der Waals surface area contributed by atoms with Gasteiger partial charge in [0.25, 0.3) is 0 Å². The third-order valence-corrected chi connectivity index (χ3v) is 6.24. The first-order valence-corrected chi connectivity index (χ1v) is 9.74. The maximum atomic E-state index is 12.3. The van der Waals surface area contributed by atoms with Crippen LogP contribution in [0.4, 0.5) is 0 Å². The second kappa shape index (κ2) is 7.57. The van der Waals surface area contributed by atoms with Gasteiger partial charge in [0, 0.05) is 32.7 Å². The summed E-state index contributed by atoms with van der Waals surface area (Å²) in [6.45, 7) is 10.0. The zero-order valence-electron chi connectivity index (χ0n) is 14.0. The fourth-order valence-electron chi connectivity index (χ4n) is 2.71. The first kappa shape index (κ1) is 17.4. The lowest BCUT2D eigenvalue weighted by Gasteiger charge is -2.34. The Morgan fingerprint density at radius 2 is 1.73 bits per heavy atom. The van der Waals surface area contributed by atoms with E-state index in [0.29, 0.717) is 19.0 Å². The number of aryl methyl sites for hydroxylation is 1. The van der Waals surface area contributed by atoms with Gasteiger partial charge in [0.1, 0.15) is 0 Å². The molecule has 0 aromatic heterocycles. The van der Waals surface area contributed by atoms with E-state index >= 15 is 0 Å². The number of hydrogen-bond donors (Lipinski definition) is 0.